The van der Waals surface area contributed by atoms with Crippen LogP contribution >= 0.6 is 0 Å². The molecule has 0 spiro atoms. The van der Waals surface area contributed by atoms with E-state index < -0.39 is 22.7 Å². The highest BCUT2D eigenvalue weighted by Crippen LogP contribution is 2.39. The summed E-state index contributed by atoms with van der Waals surface area (Å²) in [4.78, 5) is 0. The second-order valence-electron chi connectivity index (χ2n) is 14.2. The minimum Gasteiger partial charge on any atom is -0.414 e. The molecule has 0 aromatic heterocycles. The van der Waals surface area contributed by atoms with Gasteiger partial charge in [0.1, 0.15) is 6.10 Å². The molecule has 0 fully saturated rings. The molecule has 0 bridgehead atoms. The van der Waals surface area contributed by atoms with Crippen LogP contribution in [0.25, 0.3) is 0 Å². The van der Waals surface area contributed by atoms with Gasteiger partial charge in [-0.1, -0.05) is 103 Å². The third-order valence-corrected chi connectivity index (χ3v) is 17.5. The summed E-state index contributed by atoms with van der Waals surface area (Å²) in [6.07, 6.45) is 7.10. The topological polar surface area (TPSA) is 47.9 Å². The number of hydrogen-bond acceptors (Lipinski definition) is 4. The average Bonchev–Trinajstić information content (AvgIpc) is 2.82. The monoisotopic (exact) mass is 588 g/mol. The average molecular weight is 589 g/mol. The largest absolute Gasteiger partial charge is 0.414 e. The highest BCUT2D eigenvalue weighted by atomic mass is 28.4. The van der Waals surface area contributed by atoms with Crippen LogP contribution in [0.4, 0.5) is 0 Å². The summed E-state index contributed by atoms with van der Waals surface area (Å²) in [6, 6.07) is 10.3. The summed E-state index contributed by atoms with van der Waals surface area (Å²) in [5, 5.41) is 11.2. The van der Waals surface area contributed by atoms with Gasteiger partial charge in [0, 0.05) is 25.6 Å². The maximum atomic E-state index is 11.0. The molecule has 0 saturated heterocycles. The lowest BCUT2D eigenvalue weighted by atomic mass is 10.0. The zero-order chi connectivity index (χ0) is 30.5. The first-order valence-corrected chi connectivity index (χ1v) is 21.0. The molecule has 228 valence electrons. The van der Waals surface area contributed by atoms with E-state index in [4.69, 9.17) is 13.6 Å². The van der Waals surface area contributed by atoms with E-state index >= 15 is 0 Å². The molecule has 4 nitrogen and oxygen atoms in total. The van der Waals surface area contributed by atoms with Crippen LogP contribution in [0.2, 0.25) is 36.3 Å². The van der Waals surface area contributed by atoms with Crippen LogP contribution < -0.4 is 0 Å². The van der Waals surface area contributed by atoms with E-state index in [9.17, 15) is 5.11 Å². The Hall–Kier alpha value is -1.21. The predicted molar refractivity (Wildman–Crippen MR) is 177 cm³/mol. The SMILES string of the molecule is C=CC[C@H](C#CC[C@@H](O)C[C@H](CCCCCOCc1ccccc1)O[Si](C)(C)C(C)(C)C)O[Si](C)(C)C(C)(C)C. The molecule has 1 rings (SSSR count). The third-order valence-electron chi connectivity index (χ3n) is 8.45. The van der Waals surface area contributed by atoms with Gasteiger partial charge in [0.15, 0.2) is 16.6 Å². The van der Waals surface area contributed by atoms with Crippen LogP contribution in [-0.4, -0.2) is 46.7 Å². The smallest absolute Gasteiger partial charge is 0.193 e. The lowest BCUT2D eigenvalue weighted by Crippen LogP contribution is -2.44. The molecule has 1 aromatic carbocycles. The molecular weight excluding hydrogens is 529 g/mol. The van der Waals surface area contributed by atoms with Gasteiger partial charge in [-0.2, -0.15) is 0 Å². The lowest BCUT2D eigenvalue weighted by molar-refractivity contribution is 0.0808. The van der Waals surface area contributed by atoms with Crippen molar-refractivity contribution in [2.45, 2.75) is 148 Å². The van der Waals surface area contributed by atoms with E-state index in [1.165, 1.54) is 5.56 Å². The summed E-state index contributed by atoms with van der Waals surface area (Å²) < 4.78 is 19.2. The van der Waals surface area contributed by atoms with Crippen LogP contribution in [0.15, 0.2) is 43.0 Å². The summed E-state index contributed by atoms with van der Waals surface area (Å²) in [5.74, 6) is 6.53. The zero-order valence-corrected chi connectivity index (χ0v) is 29.4. The number of unbranched alkanes of at least 4 members (excludes halogenated alkanes) is 2. The van der Waals surface area contributed by atoms with Crippen LogP contribution in [0, 0.1) is 11.8 Å². The normalized spacial score (nSPS) is 15.2. The van der Waals surface area contributed by atoms with E-state index in [-0.39, 0.29) is 22.3 Å². The van der Waals surface area contributed by atoms with Gasteiger partial charge in [-0.25, -0.2) is 0 Å². The van der Waals surface area contributed by atoms with Crippen molar-refractivity contribution in [1.29, 1.82) is 0 Å². The van der Waals surface area contributed by atoms with E-state index in [0.717, 1.165) is 32.3 Å². The molecule has 1 N–H and O–H groups in total. The summed E-state index contributed by atoms with van der Waals surface area (Å²) in [6.45, 7) is 27.9. The molecule has 0 amide bonds. The number of aliphatic hydroxyl groups is 1. The van der Waals surface area contributed by atoms with Crippen molar-refractivity contribution in [3.63, 3.8) is 0 Å². The summed E-state index contributed by atoms with van der Waals surface area (Å²) in [7, 11) is -3.89. The van der Waals surface area contributed by atoms with Gasteiger partial charge in [-0.3, -0.25) is 0 Å². The quantitative estimate of drug-likeness (QED) is 0.0853. The van der Waals surface area contributed by atoms with Gasteiger partial charge in [0.05, 0.1) is 12.7 Å². The minimum absolute atomic E-state index is 0.0374. The highest BCUT2D eigenvalue weighted by molar-refractivity contribution is 6.74. The van der Waals surface area contributed by atoms with Crippen molar-refractivity contribution in [3.8, 4) is 11.8 Å². The Morgan fingerprint density at radius 3 is 2.08 bits per heavy atom. The van der Waals surface area contributed by atoms with Gasteiger partial charge in [-0.05, 0) is 61.1 Å². The Kier molecular flexibility index (Phi) is 15.7. The van der Waals surface area contributed by atoms with Crippen molar-refractivity contribution in [1.82, 2.24) is 0 Å². The number of ether oxygens (including phenoxy) is 1. The Balaban J connectivity index is 2.67. The fourth-order valence-corrected chi connectivity index (χ4v) is 6.45. The zero-order valence-electron chi connectivity index (χ0n) is 27.4. The molecule has 3 atom stereocenters. The van der Waals surface area contributed by atoms with Crippen molar-refractivity contribution in [2.24, 2.45) is 0 Å². The first kappa shape index (κ1) is 36.8. The van der Waals surface area contributed by atoms with Crippen LogP contribution in [0.1, 0.15) is 92.1 Å². The Morgan fingerprint density at radius 2 is 1.50 bits per heavy atom. The maximum absolute atomic E-state index is 11.0. The molecule has 6 heteroatoms. The molecule has 1 aromatic rings. The predicted octanol–water partition coefficient (Wildman–Crippen LogP) is 9.27. The van der Waals surface area contributed by atoms with Crippen LogP contribution in [0.5, 0.6) is 0 Å². The van der Waals surface area contributed by atoms with Crippen LogP contribution in [-0.2, 0) is 20.2 Å². The second-order valence-corrected chi connectivity index (χ2v) is 23.7. The molecule has 0 radical (unpaired) electrons. The third kappa shape index (κ3) is 14.1. The summed E-state index contributed by atoms with van der Waals surface area (Å²) in [5.41, 5.74) is 1.21. The molecule has 0 heterocycles. The molecule has 0 aliphatic carbocycles. The van der Waals surface area contributed by atoms with Gasteiger partial charge in [-0.15, -0.1) is 6.58 Å². The number of benzene rings is 1. The number of rotatable bonds is 17. The lowest BCUT2D eigenvalue weighted by Gasteiger charge is -2.40. The molecule has 0 aliphatic heterocycles. The molecule has 0 aliphatic rings. The Morgan fingerprint density at radius 1 is 0.900 bits per heavy atom. The second kappa shape index (κ2) is 17.0. The minimum atomic E-state index is -1.96. The molecule has 40 heavy (non-hydrogen) atoms. The van der Waals surface area contributed by atoms with E-state index in [2.05, 4.69) is 98.3 Å². The van der Waals surface area contributed by atoms with E-state index in [0.29, 0.717) is 25.9 Å². The van der Waals surface area contributed by atoms with Gasteiger partial charge < -0.3 is 18.7 Å². The maximum Gasteiger partial charge on any atom is 0.193 e. The van der Waals surface area contributed by atoms with Crippen LogP contribution in [0.3, 0.4) is 0 Å². The van der Waals surface area contributed by atoms with E-state index in [1.807, 2.05) is 24.3 Å². The van der Waals surface area contributed by atoms with Gasteiger partial charge in [0.2, 0.25) is 0 Å². The van der Waals surface area contributed by atoms with Crippen molar-refractivity contribution in [2.75, 3.05) is 6.61 Å². The molecule has 0 unspecified atom stereocenters. The standard InChI is InChI=1S/C34H60O4Si2/c1-12-20-31(37-39(8,9)33(2,3)4)25-19-23-30(35)27-32(38-40(10,11)34(5,6)7)24-17-14-18-26-36-28-29-21-15-13-16-22-29/h12-13,15-16,21-22,30-32,35H,1,14,17-18,20,23-24,26-28H2,2-11H3/t30-,31-,32+/m1/s1. The Labute approximate surface area is 249 Å². The van der Waals surface area contributed by atoms with Crippen molar-refractivity contribution >= 4 is 16.6 Å². The molecule has 0 saturated carbocycles. The Bertz CT molecular complexity index is 904. The summed E-state index contributed by atoms with van der Waals surface area (Å²) >= 11 is 0. The number of hydrogen-bond donors (Lipinski definition) is 1. The highest BCUT2D eigenvalue weighted by Gasteiger charge is 2.40. The van der Waals surface area contributed by atoms with Crippen molar-refractivity contribution < 1.29 is 18.7 Å². The first-order valence-electron chi connectivity index (χ1n) is 15.2. The van der Waals surface area contributed by atoms with E-state index in [1.54, 1.807) is 0 Å². The fraction of sp³-hybridized carbons (Fsp3) is 0.706. The van der Waals surface area contributed by atoms with Gasteiger partial charge in [0.25, 0.3) is 0 Å². The van der Waals surface area contributed by atoms with Crippen molar-refractivity contribution in [3.05, 3.63) is 48.6 Å². The number of aliphatic hydroxyl groups excluding tert-OH is 1. The van der Waals surface area contributed by atoms with Gasteiger partial charge >= 0.3 is 0 Å². The fourth-order valence-electron chi connectivity index (χ4n) is 3.83. The molecular formula is C34H60O4Si2. The first-order chi connectivity index (χ1) is 18.5.